The Morgan fingerprint density at radius 2 is 1.49 bits per heavy atom. The van der Waals surface area contributed by atoms with Crippen molar-refractivity contribution in [3.05, 3.63) is 88.5 Å². The lowest BCUT2D eigenvalue weighted by Crippen LogP contribution is -2.47. The van der Waals surface area contributed by atoms with E-state index >= 15 is 0 Å². The Balaban J connectivity index is 1.70. The van der Waals surface area contributed by atoms with E-state index in [2.05, 4.69) is 10.6 Å². The molecule has 3 rings (SSSR count). The van der Waals surface area contributed by atoms with E-state index in [0.717, 1.165) is 4.90 Å². The summed E-state index contributed by atoms with van der Waals surface area (Å²) >= 11 is 0. The number of hydrogen-bond acceptors (Lipinski definition) is 9. The number of carboxylic acid groups (broad SMARTS) is 3. The van der Waals surface area contributed by atoms with Crippen LogP contribution in [0.2, 0.25) is 0 Å². The molecule has 0 radical (unpaired) electrons. The van der Waals surface area contributed by atoms with Gasteiger partial charge in [-0.1, -0.05) is 37.3 Å². The van der Waals surface area contributed by atoms with Crippen molar-refractivity contribution in [3.63, 3.8) is 0 Å². The van der Waals surface area contributed by atoms with Gasteiger partial charge in [-0.3, -0.25) is 28.9 Å². The SMILES string of the molecule is CCc1cc(C[C@H](NC(C)=O)C(=O)NCCCCC(=O)c2cc(C[C@H](N)C(=O)O)ccc2O)ccc1N(C(=O)C(=O)O)c1ccccc1C(=O)O. The van der Waals surface area contributed by atoms with Crippen LogP contribution in [0.4, 0.5) is 11.4 Å². The van der Waals surface area contributed by atoms with Gasteiger partial charge < -0.3 is 36.8 Å². The quantitative estimate of drug-likeness (QED) is 0.0608. The highest BCUT2D eigenvalue weighted by molar-refractivity contribution is 6.39. The summed E-state index contributed by atoms with van der Waals surface area (Å²) in [5.41, 5.74) is 6.86. The molecule has 3 aromatic carbocycles. The summed E-state index contributed by atoms with van der Waals surface area (Å²) in [6, 6.07) is 12.2. The fourth-order valence-corrected chi connectivity index (χ4v) is 5.41. The number of phenolic OH excluding ortho intramolecular Hbond substituents is 1. The fraction of sp³-hybridized carbons (Fsp3) is 0.306. The molecule has 2 atom stereocenters. The number of nitrogens with zero attached hydrogens (tertiary/aromatic N) is 1. The number of aliphatic carboxylic acids is 2. The molecule has 15 heteroatoms. The normalized spacial score (nSPS) is 11.9. The number of benzene rings is 3. The maximum Gasteiger partial charge on any atom is 0.395 e. The lowest BCUT2D eigenvalue weighted by Gasteiger charge is -2.26. The van der Waals surface area contributed by atoms with Crippen LogP contribution in [-0.2, 0) is 43.2 Å². The molecule has 8 N–H and O–H groups in total. The highest BCUT2D eigenvalue weighted by atomic mass is 16.4. The van der Waals surface area contributed by atoms with E-state index in [1.54, 1.807) is 19.1 Å². The van der Waals surface area contributed by atoms with Crippen LogP contribution in [0.3, 0.4) is 0 Å². The average Bonchev–Trinajstić information content (AvgIpc) is 3.08. The zero-order valence-electron chi connectivity index (χ0n) is 28.0. The largest absolute Gasteiger partial charge is 0.507 e. The molecule has 3 amide bonds. The van der Waals surface area contributed by atoms with Crippen LogP contribution in [-0.4, -0.2) is 80.5 Å². The molecule has 0 aromatic heterocycles. The van der Waals surface area contributed by atoms with Crippen molar-refractivity contribution in [2.24, 2.45) is 5.73 Å². The molecule has 0 aliphatic rings. The van der Waals surface area contributed by atoms with Gasteiger partial charge in [-0.2, -0.15) is 0 Å². The Bertz CT molecular complexity index is 1820. The average molecular weight is 705 g/mol. The van der Waals surface area contributed by atoms with E-state index in [0.29, 0.717) is 36.0 Å². The number of unbranched alkanes of at least 4 members (excludes halogenated alkanes) is 1. The van der Waals surface area contributed by atoms with Crippen molar-refractivity contribution >= 4 is 52.8 Å². The number of carbonyl (C=O) groups is 7. The zero-order chi connectivity index (χ0) is 37.8. The van der Waals surface area contributed by atoms with Gasteiger partial charge in [0.15, 0.2) is 5.78 Å². The molecule has 0 fully saturated rings. The van der Waals surface area contributed by atoms with Crippen molar-refractivity contribution < 1.29 is 54.0 Å². The predicted molar refractivity (Wildman–Crippen MR) is 184 cm³/mol. The predicted octanol–water partition coefficient (Wildman–Crippen LogP) is 2.57. The summed E-state index contributed by atoms with van der Waals surface area (Å²) in [5, 5.41) is 43.8. The van der Waals surface area contributed by atoms with Gasteiger partial charge in [0, 0.05) is 26.3 Å². The Morgan fingerprint density at radius 3 is 2.12 bits per heavy atom. The van der Waals surface area contributed by atoms with Crippen LogP contribution in [0, 0.1) is 0 Å². The number of nitrogens with one attached hydrogen (secondary N) is 2. The maximum absolute atomic E-state index is 13.1. The number of amides is 3. The van der Waals surface area contributed by atoms with Crippen LogP contribution in [0.1, 0.15) is 70.5 Å². The van der Waals surface area contributed by atoms with Crippen molar-refractivity contribution in [1.82, 2.24) is 10.6 Å². The number of para-hydroxylation sites is 1. The molecule has 51 heavy (non-hydrogen) atoms. The molecular weight excluding hydrogens is 664 g/mol. The second kappa shape index (κ2) is 18.1. The van der Waals surface area contributed by atoms with Crippen LogP contribution >= 0.6 is 0 Å². The van der Waals surface area contributed by atoms with Crippen LogP contribution in [0.25, 0.3) is 0 Å². The van der Waals surface area contributed by atoms with Gasteiger partial charge in [-0.15, -0.1) is 0 Å². The third-order valence-electron chi connectivity index (χ3n) is 7.92. The number of rotatable bonds is 17. The van der Waals surface area contributed by atoms with Crippen molar-refractivity contribution in [2.75, 3.05) is 11.4 Å². The van der Waals surface area contributed by atoms with Gasteiger partial charge in [-0.05, 0) is 72.7 Å². The summed E-state index contributed by atoms with van der Waals surface area (Å²) in [7, 11) is 0. The third-order valence-corrected chi connectivity index (χ3v) is 7.92. The summed E-state index contributed by atoms with van der Waals surface area (Å²) in [4.78, 5) is 86.4. The smallest absolute Gasteiger partial charge is 0.395 e. The summed E-state index contributed by atoms with van der Waals surface area (Å²) in [6.07, 6.45) is 1.07. The number of ketones is 1. The monoisotopic (exact) mass is 704 g/mol. The second-order valence-electron chi connectivity index (χ2n) is 11.7. The number of Topliss-reactive ketones (excluding diaryl/α,β-unsaturated/α-hetero) is 1. The van der Waals surface area contributed by atoms with Gasteiger partial charge in [0.05, 0.1) is 22.5 Å². The Hall–Kier alpha value is -6.09. The molecule has 0 bridgehead atoms. The molecule has 15 nitrogen and oxygen atoms in total. The molecule has 0 saturated heterocycles. The van der Waals surface area contributed by atoms with E-state index in [9.17, 15) is 48.9 Å². The number of nitrogens with two attached hydrogens (primary N) is 1. The molecule has 270 valence electrons. The maximum atomic E-state index is 13.1. The minimum Gasteiger partial charge on any atom is -0.507 e. The minimum absolute atomic E-state index is 0.0224. The van der Waals surface area contributed by atoms with Gasteiger partial charge in [0.25, 0.3) is 0 Å². The first kappa shape index (κ1) is 39.3. The van der Waals surface area contributed by atoms with Crippen LogP contribution in [0.5, 0.6) is 5.75 Å². The Morgan fingerprint density at radius 1 is 0.824 bits per heavy atom. The zero-order valence-corrected chi connectivity index (χ0v) is 28.0. The van der Waals surface area contributed by atoms with Gasteiger partial charge >= 0.3 is 23.8 Å². The number of aryl methyl sites for hydroxylation is 1. The lowest BCUT2D eigenvalue weighted by atomic mass is 9.98. The number of aromatic carboxylic acids is 1. The van der Waals surface area contributed by atoms with E-state index in [1.807, 2.05) is 0 Å². The summed E-state index contributed by atoms with van der Waals surface area (Å²) in [5.74, 6) is -7.30. The highest BCUT2D eigenvalue weighted by Crippen LogP contribution is 2.33. The fourth-order valence-electron chi connectivity index (χ4n) is 5.41. The third kappa shape index (κ3) is 10.7. The molecule has 0 spiro atoms. The number of anilines is 2. The lowest BCUT2D eigenvalue weighted by molar-refractivity contribution is -0.148. The van der Waals surface area contributed by atoms with E-state index < -0.39 is 47.7 Å². The molecule has 3 aromatic rings. The van der Waals surface area contributed by atoms with Gasteiger partial charge in [0.1, 0.15) is 17.8 Å². The molecule has 0 heterocycles. The number of hydrogen-bond donors (Lipinski definition) is 7. The Labute approximate surface area is 293 Å². The highest BCUT2D eigenvalue weighted by Gasteiger charge is 2.30. The van der Waals surface area contributed by atoms with Crippen LogP contribution in [0.15, 0.2) is 60.7 Å². The molecule has 0 aliphatic carbocycles. The van der Waals surface area contributed by atoms with Crippen molar-refractivity contribution in [1.29, 1.82) is 0 Å². The second-order valence-corrected chi connectivity index (χ2v) is 11.7. The van der Waals surface area contributed by atoms with Gasteiger partial charge in [-0.25, -0.2) is 9.59 Å². The van der Waals surface area contributed by atoms with Crippen LogP contribution < -0.4 is 21.3 Å². The first-order chi connectivity index (χ1) is 24.1. The Kier molecular flexibility index (Phi) is 13.9. The molecule has 0 aliphatic heterocycles. The summed E-state index contributed by atoms with van der Waals surface area (Å²) < 4.78 is 0. The topological polar surface area (TPSA) is 254 Å². The first-order valence-electron chi connectivity index (χ1n) is 16.0. The molecule has 0 saturated carbocycles. The standard InChI is InChI=1S/C36H40N4O11/c1-3-23-16-21(11-13-28(23)40(33(45)36(50)51)29-9-5-4-8-24(29)34(46)47)19-27(39-20(2)41)32(44)38-15-7-6-10-30(42)25-17-22(12-14-31(25)43)18-26(37)35(48)49/h4-5,8-9,11-14,16-17,26-27,43H,3,6-7,10,15,18-19,37H2,1-2H3,(H,38,44)(H,39,41)(H,46,47)(H,48,49)(H,50,51)/t26-,27-/m0/s1. The number of phenols is 1. The minimum atomic E-state index is -1.79. The first-order valence-corrected chi connectivity index (χ1v) is 16.0. The number of carbonyl (C=O) groups excluding carboxylic acids is 4. The van der Waals surface area contributed by atoms with E-state index in [-0.39, 0.29) is 59.8 Å². The number of carboxylic acids is 3. The number of aromatic hydroxyl groups is 1. The van der Waals surface area contributed by atoms with E-state index in [1.165, 1.54) is 55.5 Å². The van der Waals surface area contributed by atoms with E-state index in [4.69, 9.17) is 10.8 Å². The summed E-state index contributed by atoms with van der Waals surface area (Å²) in [6.45, 7) is 3.17. The molecular formula is C36H40N4O11. The molecule has 0 unspecified atom stereocenters. The van der Waals surface area contributed by atoms with Crippen molar-refractivity contribution in [2.45, 2.75) is 64.5 Å². The van der Waals surface area contributed by atoms with Gasteiger partial charge in [0.2, 0.25) is 11.8 Å². The van der Waals surface area contributed by atoms with Crippen molar-refractivity contribution in [3.8, 4) is 5.75 Å².